The molecule has 0 radical (unpaired) electrons. The van der Waals surface area contributed by atoms with Crippen LogP contribution in [0, 0.1) is 5.82 Å². The lowest BCUT2D eigenvalue weighted by molar-refractivity contribution is 0.0526. The Bertz CT molecular complexity index is 1800. The Balaban J connectivity index is 1.24. The van der Waals surface area contributed by atoms with Crippen molar-refractivity contribution >= 4 is 11.7 Å². The Kier molecular flexibility index (Phi) is 11.3. The fourth-order valence-electron chi connectivity index (χ4n) is 5.57. The van der Waals surface area contributed by atoms with Gasteiger partial charge >= 0.3 is 6.09 Å². The second-order valence-electron chi connectivity index (χ2n) is 13.0. The van der Waals surface area contributed by atoms with E-state index < -0.39 is 17.5 Å². The van der Waals surface area contributed by atoms with Crippen molar-refractivity contribution in [2.24, 2.45) is 0 Å². The molecule has 2 N–H and O–H groups in total. The number of imidazole rings is 1. The summed E-state index contributed by atoms with van der Waals surface area (Å²) in [5.74, 6) is -0.237. The molecule has 0 bridgehead atoms. The standard InChI is InChI=1S/C39H45FN4O4/c1-5-30(19-13-8-14-22-41-38(46)48-39(2,3)4)47-35-21-20-28(23-31(35)40)25-33-37(45)44-26-34(29-17-11-7-12-18-29)42-32(36(44)43-33)24-27-15-9-6-10-16-27/h6-7,9-12,15-18,20-21,23,26,30,45H,5,8,13-14,19,22,24-25H2,1-4H3,(H,41,46). The highest BCUT2D eigenvalue weighted by molar-refractivity contribution is 5.67. The Morgan fingerprint density at radius 3 is 2.31 bits per heavy atom. The fourth-order valence-corrected chi connectivity index (χ4v) is 5.57. The summed E-state index contributed by atoms with van der Waals surface area (Å²) in [6.45, 7) is 8.08. The predicted molar refractivity (Wildman–Crippen MR) is 186 cm³/mol. The number of amides is 1. The number of carbonyl (C=O) groups excluding carboxylic acids is 1. The summed E-state index contributed by atoms with van der Waals surface area (Å²) >= 11 is 0. The Morgan fingerprint density at radius 2 is 1.62 bits per heavy atom. The highest BCUT2D eigenvalue weighted by Gasteiger charge is 2.20. The molecule has 0 aliphatic rings. The first-order valence-corrected chi connectivity index (χ1v) is 16.7. The molecule has 5 rings (SSSR count). The van der Waals surface area contributed by atoms with E-state index in [1.807, 2.05) is 94.4 Å². The molecule has 0 saturated carbocycles. The SMILES string of the molecule is CCC(CCCCCNC(=O)OC(C)(C)C)Oc1ccc(Cc2nc3c(Cc4ccccc4)nc(-c4ccccc4)cn3c2O)cc1F. The predicted octanol–water partition coefficient (Wildman–Crippen LogP) is 8.67. The van der Waals surface area contributed by atoms with Crippen molar-refractivity contribution in [3.05, 3.63) is 113 Å². The van der Waals surface area contributed by atoms with E-state index in [1.165, 1.54) is 6.07 Å². The zero-order chi connectivity index (χ0) is 34.1. The van der Waals surface area contributed by atoms with Gasteiger partial charge in [-0.2, -0.15) is 0 Å². The van der Waals surface area contributed by atoms with Gasteiger partial charge in [0.15, 0.2) is 17.2 Å². The molecule has 0 aliphatic carbocycles. The van der Waals surface area contributed by atoms with Gasteiger partial charge < -0.3 is 19.9 Å². The van der Waals surface area contributed by atoms with Gasteiger partial charge in [-0.15, -0.1) is 0 Å². The Morgan fingerprint density at radius 1 is 0.917 bits per heavy atom. The van der Waals surface area contributed by atoms with Crippen LogP contribution in [0.3, 0.4) is 0 Å². The van der Waals surface area contributed by atoms with Crippen molar-refractivity contribution < 1.29 is 23.8 Å². The van der Waals surface area contributed by atoms with E-state index in [9.17, 15) is 9.90 Å². The van der Waals surface area contributed by atoms with Gasteiger partial charge in [-0.25, -0.2) is 19.2 Å². The number of aromatic nitrogens is 3. The van der Waals surface area contributed by atoms with Crippen molar-refractivity contribution in [3.8, 4) is 22.9 Å². The molecule has 252 valence electrons. The first kappa shape index (κ1) is 34.4. The van der Waals surface area contributed by atoms with Gasteiger partial charge in [-0.3, -0.25) is 4.40 Å². The van der Waals surface area contributed by atoms with Crippen LogP contribution in [0.5, 0.6) is 11.6 Å². The van der Waals surface area contributed by atoms with Crippen molar-refractivity contribution in [1.82, 2.24) is 19.7 Å². The maximum Gasteiger partial charge on any atom is 0.407 e. The Labute approximate surface area is 282 Å². The van der Waals surface area contributed by atoms with Crippen molar-refractivity contribution in [2.45, 2.75) is 84.3 Å². The third-order valence-electron chi connectivity index (χ3n) is 7.99. The number of benzene rings is 3. The largest absolute Gasteiger partial charge is 0.493 e. The van der Waals surface area contributed by atoms with Crippen LogP contribution in [0.15, 0.2) is 85.1 Å². The van der Waals surface area contributed by atoms with Crippen molar-refractivity contribution in [3.63, 3.8) is 0 Å². The van der Waals surface area contributed by atoms with E-state index in [1.54, 1.807) is 16.7 Å². The van der Waals surface area contributed by atoms with Gasteiger partial charge in [0.1, 0.15) is 11.3 Å². The quantitative estimate of drug-likeness (QED) is 0.117. The molecule has 0 aliphatic heterocycles. The number of halogens is 1. The number of aromatic hydroxyl groups is 1. The van der Waals surface area contributed by atoms with Crippen LogP contribution < -0.4 is 10.1 Å². The topological polar surface area (TPSA) is 98.0 Å². The van der Waals surface area contributed by atoms with Gasteiger partial charge in [-0.1, -0.05) is 80.1 Å². The maximum atomic E-state index is 15.3. The van der Waals surface area contributed by atoms with E-state index >= 15 is 4.39 Å². The lowest BCUT2D eigenvalue weighted by Gasteiger charge is -2.20. The third-order valence-corrected chi connectivity index (χ3v) is 7.99. The minimum atomic E-state index is -0.517. The van der Waals surface area contributed by atoms with E-state index in [2.05, 4.69) is 5.32 Å². The summed E-state index contributed by atoms with van der Waals surface area (Å²) in [5.41, 5.74) is 4.64. The van der Waals surface area contributed by atoms with Gasteiger partial charge in [0.05, 0.1) is 17.5 Å². The minimum Gasteiger partial charge on any atom is -0.493 e. The first-order chi connectivity index (χ1) is 23.1. The number of nitrogens with one attached hydrogen (secondary N) is 1. The van der Waals surface area contributed by atoms with Crippen LogP contribution in [0.2, 0.25) is 0 Å². The Hall–Kier alpha value is -4.92. The highest BCUT2D eigenvalue weighted by Crippen LogP contribution is 2.30. The number of hydrogen-bond donors (Lipinski definition) is 2. The molecular formula is C39H45FN4O4. The smallest absolute Gasteiger partial charge is 0.407 e. The first-order valence-electron chi connectivity index (χ1n) is 16.7. The molecule has 3 aromatic carbocycles. The molecule has 9 heteroatoms. The number of carbonyl (C=O) groups is 1. The molecule has 1 atom stereocenters. The number of alkyl carbamates (subject to hydrolysis) is 1. The average molecular weight is 653 g/mol. The lowest BCUT2D eigenvalue weighted by Crippen LogP contribution is -2.33. The normalized spacial score (nSPS) is 12.2. The van der Waals surface area contributed by atoms with E-state index in [0.717, 1.165) is 54.6 Å². The zero-order valence-corrected chi connectivity index (χ0v) is 28.2. The molecular weight excluding hydrogens is 607 g/mol. The summed E-state index contributed by atoms with van der Waals surface area (Å²) in [6.07, 6.45) is 6.21. The number of nitrogens with zero attached hydrogens (tertiary/aromatic N) is 3. The van der Waals surface area contributed by atoms with Crippen molar-refractivity contribution in [1.29, 1.82) is 0 Å². The molecule has 0 saturated heterocycles. The van der Waals surface area contributed by atoms with Gasteiger partial charge in [0, 0.05) is 31.1 Å². The average Bonchev–Trinajstić information content (AvgIpc) is 3.37. The van der Waals surface area contributed by atoms with Crippen molar-refractivity contribution in [2.75, 3.05) is 6.54 Å². The highest BCUT2D eigenvalue weighted by atomic mass is 19.1. The summed E-state index contributed by atoms with van der Waals surface area (Å²) in [6, 6.07) is 24.8. The summed E-state index contributed by atoms with van der Waals surface area (Å²) in [5, 5.41) is 14.1. The molecule has 8 nitrogen and oxygen atoms in total. The zero-order valence-electron chi connectivity index (χ0n) is 28.2. The van der Waals surface area contributed by atoms with E-state index in [4.69, 9.17) is 19.4 Å². The lowest BCUT2D eigenvalue weighted by atomic mass is 10.1. The molecule has 0 fully saturated rings. The van der Waals surface area contributed by atoms with E-state index in [-0.39, 0.29) is 24.2 Å². The molecule has 2 heterocycles. The molecule has 1 unspecified atom stereocenters. The van der Waals surface area contributed by atoms with Gasteiger partial charge in [-0.05, 0) is 69.7 Å². The molecule has 1 amide bonds. The van der Waals surface area contributed by atoms with E-state index in [0.29, 0.717) is 29.9 Å². The van der Waals surface area contributed by atoms with Crippen LogP contribution in [0.1, 0.15) is 82.3 Å². The summed E-state index contributed by atoms with van der Waals surface area (Å²) < 4.78 is 28.3. The van der Waals surface area contributed by atoms with Gasteiger partial charge in [0.2, 0.25) is 5.88 Å². The molecule has 0 spiro atoms. The third kappa shape index (κ3) is 9.33. The molecule has 48 heavy (non-hydrogen) atoms. The number of unbranched alkanes of at least 4 members (excludes halogenated alkanes) is 2. The summed E-state index contributed by atoms with van der Waals surface area (Å²) in [4.78, 5) is 21.5. The fraction of sp³-hybridized carbons (Fsp3) is 0.359. The van der Waals surface area contributed by atoms with Gasteiger partial charge in [0.25, 0.3) is 0 Å². The summed E-state index contributed by atoms with van der Waals surface area (Å²) in [7, 11) is 0. The number of ether oxygens (including phenoxy) is 2. The van der Waals surface area contributed by atoms with Crippen LogP contribution in [-0.4, -0.2) is 43.8 Å². The monoisotopic (exact) mass is 652 g/mol. The van der Waals surface area contributed by atoms with Crippen LogP contribution in [0.25, 0.3) is 16.9 Å². The molecule has 5 aromatic rings. The number of fused-ring (bicyclic) bond motifs is 1. The number of hydrogen-bond acceptors (Lipinski definition) is 6. The number of rotatable bonds is 14. The second kappa shape index (κ2) is 15.8. The molecule has 2 aromatic heterocycles. The van der Waals surface area contributed by atoms with Crippen LogP contribution in [-0.2, 0) is 17.6 Å². The minimum absolute atomic E-state index is 0.00645. The van der Waals surface area contributed by atoms with Crippen LogP contribution in [0.4, 0.5) is 9.18 Å². The maximum absolute atomic E-state index is 15.3. The second-order valence-corrected chi connectivity index (χ2v) is 13.0. The van der Waals surface area contributed by atoms with Crippen LogP contribution >= 0.6 is 0 Å².